The Balaban J connectivity index is 2.49. The van der Waals surface area contributed by atoms with Crippen molar-refractivity contribution < 1.29 is 22.7 Å². The minimum absolute atomic E-state index is 0.00151. The minimum Gasteiger partial charge on any atom is -0.495 e. The number of carbonyl (C=O) groups is 2. The lowest BCUT2D eigenvalue weighted by atomic mass is 10.1. The van der Waals surface area contributed by atoms with E-state index in [1.54, 1.807) is 37.3 Å². The Labute approximate surface area is 217 Å². The van der Waals surface area contributed by atoms with Crippen LogP contribution in [-0.2, 0) is 26.2 Å². The molecule has 1 atom stereocenters. The van der Waals surface area contributed by atoms with Crippen molar-refractivity contribution >= 4 is 50.7 Å². The second kappa shape index (κ2) is 11.5. The van der Waals surface area contributed by atoms with E-state index in [1.807, 2.05) is 20.8 Å². The molecule has 0 aliphatic rings. The van der Waals surface area contributed by atoms with Gasteiger partial charge in [0.15, 0.2) is 0 Å². The molecule has 0 radical (unpaired) electrons. The number of halogens is 2. The van der Waals surface area contributed by atoms with Gasteiger partial charge in [0, 0.05) is 22.1 Å². The molecule has 1 N–H and O–H groups in total. The maximum absolute atomic E-state index is 13.6. The third-order valence-electron chi connectivity index (χ3n) is 5.05. The first-order chi connectivity index (χ1) is 16.1. The van der Waals surface area contributed by atoms with Gasteiger partial charge in [0.1, 0.15) is 18.3 Å². The van der Waals surface area contributed by atoms with Crippen LogP contribution in [0.3, 0.4) is 0 Å². The second-order valence-corrected chi connectivity index (χ2v) is 11.9. The largest absolute Gasteiger partial charge is 0.495 e. The van der Waals surface area contributed by atoms with Crippen molar-refractivity contribution in [1.82, 2.24) is 10.2 Å². The number of methoxy groups -OCH3 is 1. The summed E-state index contributed by atoms with van der Waals surface area (Å²) in [6.45, 7) is 6.49. The maximum atomic E-state index is 13.6. The molecule has 0 unspecified atom stereocenters. The number of benzene rings is 2. The molecule has 0 saturated heterocycles. The summed E-state index contributed by atoms with van der Waals surface area (Å²) in [7, 11) is -2.54. The fourth-order valence-corrected chi connectivity index (χ4v) is 4.53. The molecule has 0 aromatic heterocycles. The lowest BCUT2D eigenvalue weighted by molar-refractivity contribution is -0.140. The highest BCUT2D eigenvalue weighted by Crippen LogP contribution is 2.33. The fraction of sp³-hybridized carbons (Fsp3) is 0.417. The van der Waals surface area contributed by atoms with Crippen LogP contribution in [0.15, 0.2) is 42.5 Å². The lowest BCUT2D eigenvalue weighted by Crippen LogP contribution is -2.54. The number of anilines is 1. The van der Waals surface area contributed by atoms with Crippen LogP contribution in [0.1, 0.15) is 33.3 Å². The number of nitrogens with zero attached hydrogens (tertiary/aromatic N) is 2. The van der Waals surface area contributed by atoms with Gasteiger partial charge in [0.25, 0.3) is 0 Å². The highest BCUT2D eigenvalue weighted by molar-refractivity contribution is 7.92. The van der Waals surface area contributed by atoms with Crippen molar-refractivity contribution in [3.8, 4) is 5.75 Å². The standard InChI is InChI=1S/C24H31Cl2N3O5S/c1-16(23(31)27-24(2,3)4)28(14-17-9-7-8-10-19(17)26)22(30)15-29(35(6,32)33)20-13-18(25)11-12-21(20)34-5/h7-13,16H,14-15H2,1-6H3,(H,27,31)/t16-/m1/s1. The van der Waals surface area contributed by atoms with Gasteiger partial charge in [-0.15, -0.1) is 0 Å². The SMILES string of the molecule is COc1ccc(Cl)cc1N(CC(=O)N(Cc1ccccc1Cl)[C@H](C)C(=O)NC(C)(C)C)S(C)(=O)=O. The second-order valence-electron chi connectivity index (χ2n) is 9.11. The van der Waals surface area contributed by atoms with Crippen LogP contribution in [0.25, 0.3) is 0 Å². The van der Waals surface area contributed by atoms with E-state index in [9.17, 15) is 18.0 Å². The van der Waals surface area contributed by atoms with Crippen molar-refractivity contribution in [2.75, 3.05) is 24.2 Å². The van der Waals surface area contributed by atoms with E-state index < -0.39 is 34.1 Å². The van der Waals surface area contributed by atoms with Gasteiger partial charge >= 0.3 is 0 Å². The summed E-state index contributed by atoms with van der Waals surface area (Å²) in [6, 6.07) is 10.5. The Hall–Kier alpha value is -2.49. The summed E-state index contributed by atoms with van der Waals surface area (Å²) in [5.74, 6) is -0.762. The zero-order valence-electron chi connectivity index (χ0n) is 20.6. The summed E-state index contributed by atoms with van der Waals surface area (Å²) in [5.41, 5.74) is 0.196. The van der Waals surface area contributed by atoms with Crippen molar-refractivity contribution in [2.45, 2.75) is 45.8 Å². The van der Waals surface area contributed by atoms with E-state index in [2.05, 4.69) is 5.32 Å². The first-order valence-electron chi connectivity index (χ1n) is 10.8. The molecule has 0 fully saturated rings. The Morgan fingerprint density at radius 1 is 1.11 bits per heavy atom. The monoisotopic (exact) mass is 543 g/mol. The molecular formula is C24H31Cl2N3O5S. The molecule has 0 heterocycles. The van der Waals surface area contributed by atoms with E-state index in [0.717, 1.165) is 10.6 Å². The van der Waals surface area contributed by atoms with E-state index in [0.29, 0.717) is 10.6 Å². The molecule has 2 aromatic rings. The highest BCUT2D eigenvalue weighted by Gasteiger charge is 2.32. The zero-order chi connectivity index (χ0) is 26.6. The van der Waals surface area contributed by atoms with Gasteiger partial charge in [-0.05, 0) is 57.5 Å². The van der Waals surface area contributed by atoms with Gasteiger partial charge in [0.2, 0.25) is 21.8 Å². The van der Waals surface area contributed by atoms with Crippen LogP contribution >= 0.6 is 23.2 Å². The lowest BCUT2D eigenvalue weighted by Gasteiger charge is -2.33. The summed E-state index contributed by atoms with van der Waals surface area (Å²) in [5, 5.41) is 3.55. The number of nitrogens with one attached hydrogen (secondary N) is 1. The van der Waals surface area contributed by atoms with Crippen LogP contribution in [0, 0.1) is 0 Å². The summed E-state index contributed by atoms with van der Waals surface area (Å²) >= 11 is 12.4. The van der Waals surface area contributed by atoms with Crippen LogP contribution < -0.4 is 14.4 Å². The van der Waals surface area contributed by atoms with Crippen molar-refractivity contribution in [3.05, 3.63) is 58.1 Å². The Morgan fingerprint density at radius 2 is 1.74 bits per heavy atom. The normalized spacial score (nSPS) is 12.6. The van der Waals surface area contributed by atoms with Gasteiger partial charge in [-0.2, -0.15) is 0 Å². The first kappa shape index (κ1) is 28.7. The number of hydrogen-bond donors (Lipinski definition) is 1. The summed E-state index contributed by atoms with van der Waals surface area (Å²) in [6.07, 6.45) is 0.981. The van der Waals surface area contributed by atoms with Crippen molar-refractivity contribution in [3.63, 3.8) is 0 Å². The van der Waals surface area contributed by atoms with E-state index >= 15 is 0 Å². The summed E-state index contributed by atoms with van der Waals surface area (Å²) in [4.78, 5) is 27.9. The molecule has 192 valence electrons. The molecule has 8 nitrogen and oxygen atoms in total. The van der Waals surface area contributed by atoms with Gasteiger partial charge in [0.05, 0.1) is 19.1 Å². The fourth-order valence-electron chi connectivity index (χ4n) is 3.32. The van der Waals surface area contributed by atoms with Gasteiger partial charge in [-0.25, -0.2) is 8.42 Å². The molecule has 0 spiro atoms. The van der Waals surface area contributed by atoms with Crippen molar-refractivity contribution in [1.29, 1.82) is 0 Å². The predicted octanol–water partition coefficient (Wildman–Crippen LogP) is 4.10. The first-order valence-corrected chi connectivity index (χ1v) is 13.4. The number of rotatable bonds is 9. The van der Waals surface area contributed by atoms with Gasteiger partial charge in [-0.3, -0.25) is 13.9 Å². The molecule has 0 saturated carbocycles. The zero-order valence-corrected chi connectivity index (χ0v) is 23.0. The smallest absolute Gasteiger partial charge is 0.244 e. The van der Waals surface area contributed by atoms with Crippen LogP contribution in [-0.4, -0.2) is 56.6 Å². The van der Waals surface area contributed by atoms with Crippen LogP contribution in [0.5, 0.6) is 5.75 Å². The molecular weight excluding hydrogens is 513 g/mol. The predicted molar refractivity (Wildman–Crippen MR) is 140 cm³/mol. The van der Waals surface area contributed by atoms with Crippen molar-refractivity contribution in [2.24, 2.45) is 0 Å². The minimum atomic E-state index is -3.93. The number of sulfonamides is 1. The molecule has 0 aliphatic heterocycles. The molecule has 0 aliphatic carbocycles. The van der Waals surface area contributed by atoms with Gasteiger partial charge in [-0.1, -0.05) is 41.4 Å². The average Bonchev–Trinajstić information content (AvgIpc) is 2.74. The third kappa shape index (κ3) is 8.02. The number of ether oxygens (including phenoxy) is 1. The van der Waals surface area contributed by atoms with Gasteiger partial charge < -0.3 is 15.0 Å². The Morgan fingerprint density at radius 3 is 2.29 bits per heavy atom. The molecule has 11 heteroatoms. The van der Waals surface area contributed by atoms with E-state index in [4.69, 9.17) is 27.9 Å². The third-order valence-corrected chi connectivity index (χ3v) is 6.78. The number of amides is 2. The highest BCUT2D eigenvalue weighted by atomic mass is 35.5. The molecule has 0 bridgehead atoms. The maximum Gasteiger partial charge on any atom is 0.244 e. The Bertz CT molecular complexity index is 1180. The Kier molecular flexibility index (Phi) is 9.44. The molecule has 35 heavy (non-hydrogen) atoms. The summed E-state index contributed by atoms with van der Waals surface area (Å²) < 4.78 is 31.7. The number of carbonyl (C=O) groups excluding carboxylic acids is 2. The quantitative estimate of drug-likeness (QED) is 0.513. The van der Waals surface area contributed by atoms with Crippen LogP contribution in [0.2, 0.25) is 10.0 Å². The van der Waals surface area contributed by atoms with Crippen LogP contribution in [0.4, 0.5) is 5.69 Å². The molecule has 2 amide bonds. The average molecular weight is 545 g/mol. The van der Waals surface area contributed by atoms with E-state index in [1.165, 1.54) is 24.1 Å². The topological polar surface area (TPSA) is 96.0 Å². The van der Waals surface area contributed by atoms with E-state index in [-0.39, 0.29) is 28.9 Å². The molecule has 2 aromatic carbocycles. The molecule has 2 rings (SSSR count). The number of hydrogen-bond acceptors (Lipinski definition) is 5.